The van der Waals surface area contributed by atoms with Gasteiger partial charge in [-0.2, -0.15) is 0 Å². The molecule has 1 heterocycles. The lowest BCUT2D eigenvalue weighted by molar-refractivity contribution is -0.138. The molecule has 0 aliphatic carbocycles. The molecule has 182 valence electrons. The number of amides is 1. The van der Waals surface area contributed by atoms with Crippen LogP contribution < -0.4 is 5.32 Å². The number of carbonyl (C=O) groups is 2. The van der Waals surface area contributed by atoms with E-state index in [2.05, 4.69) is 30.1 Å². The minimum absolute atomic E-state index is 0. The SMILES string of the molecule is CC1CN(CC(Cc2ccccc2)C(=O)NCC(=O)O)CC[C@@]1(C)c1cccc(O)c1.O.O. The molecule has 0 aromatic heterocycles. The van der Waals surface area contributed by atoms with Crippen molar-refractivity contribution in [3.05, 3.63) is 65.7 Å². The molecule has 2 aromatic carbocycles. The van der Waals surface area contributed by atoms with Crippen molar-refractivity contribution >= 4 is 11.9 Å². The van der Waals surface area contributed by atoms with Gasteiger partial charge in [0.25, 0.3) is 0 Å². The third kappa shape index (κ3) is 7.28. The molecule has 0 spiro atoms. The number of benzene rings is 2. The highest BCUT2D eigenvalue weighted by Crippen LogP contribution is 2.40. The summed E-state index contributed by atoms with van der Waals surface area (Å²) < 4.78 is 0. The molecule has 3 rings (SSSR count). The quantitative estimate of drug-likeness (QED) is 0.543. The fourth-order valence-electron chi connectivity index (χ4n) is 4.53. The van der Waals surface area contributed by atoms with Crippen LogP contribution in [-0.2, 0) is 21.4 Å². The zero-order valence-corrected chi connectivity index (χ0v) is 19.3. The number of aromatic hydroxyl groups is 1. The van der Waals surface area contributed by atoms with Gasteiger partial charge in [0.2, 0.25) is 5.91 Å². The number of hydrogen-bond donors (Lipinski definition) is 3. The molecular weight excluding hydrogens is 424 g/mol. The van der Waals surface area contributed by atoms with E-state index in [9.17, 15) is 14.7 Å². The lowest BCUT2D eigenvalue weighted by atomic mass is 9.68. The van der Waals surface area contributed by atoms with E-state index in [1.165, 1.54) is 0 Å². The maximum atomic E-state index is 12.8. The van der Waals surface area contributed by atoms with Crippen LogP contribution in [0.2, 0.25) is 0 Å². The summed E-state index contributed by atoms with van der Waals surface area (Å²) in [5.41, 5.74) is 2.16. The number of likely N-dealkylation sites (tertiary alicyclic amines) is 1. The van der Waals surface area contributed by atoms with Crippen molar-refractivity contribution in [2.75, 3.05) is 26.2 Å². The zero-order valence-electron chi connectivity index (χ0n) is 19.3. The molecule has 2 unspecified atom stereocenters. The van der Waals surface area contributed by atoms with Crippen LogP contribution in [0.15, 0.2) is 54.6 Å². The predicted molar refractivity (Wildman–Crippen MR) is 127 cm³/mol. The number of nitrogens with zero attached hydrogens (tertiary/aromatic N) is 1. The van der Waals surface area contributed by atoms with Gasteiger partial charge in [-0.05, 0) is 54.0 Å². The molecule has 3 atom stereocenters. The standard InChI is InChI=1S/C25H32N2O4.2H2O/c1-18-16-27(12-11-25(18,2)21-9-6-10-22(28)14-21)17-20(24(31)26-15-23(29)30)13-19-7-4-3-5-8-19;;/h3-10,14,18,20,28H,11-13,15-17H2,1-2H3,(H,26,31)(H,29,30);2*1H2/t18?,20?,25-;;/m1../s1. The summed E-state index contributed by atoms with van der Waals surface area (Å²) >= 11 is 0. The molecule has 1 saturated heterocycles. The van der Waals surface area contributed by atoms with Gasteiger partial charge in [0, 0.05) is 13.1 Å². The Bertz CT molecular complexity index is 907. The number of rotatable bonds is 8. The molecule has 0 radical (unpaired) electrons. The Morgan fingerprint density at radius 2 is 1.85 bits per heavy atom. The van der Waals surface area contributed by atoms with E-state index in [4.69, 9.17) is 5.11 Å². The number of hydrogen-bond acceptors (Lipinski definition) is 4. The van der Waals surface area contributed by atoms with Gasteiger partial charge in [0.1, 0.15) is 12.3 Å². The normalized spacial score (nSPS) is 21.2. The topological polar surface area (TPSA) is 153 Å². The second kappa shape index (κ2) is 12.3. The van der Waals surface area contributed by atoms with E-state index in [1.54, 1.807) is 6.07 Å². The Morgan fingerprint density at radius 3 is 2.45 bits per heavy atom. The van der Waals surface area contributed by atoms with E-state index in [0.717, 1.165) is 30.6 Å². The summed E-state index contributed by atoms with van der Waals surface area (Å²) in [6, 6.07) is 17.3. The van der Waals surface area contributed by atoms with Gasteiger partial charge < -0.3 is 31.4 Å². The number of carbonyl (C=O) groups excluding carboxylic acids is 1. The Morgan fingerprint density at radius 1 is 1.15 bits per heavy atom. The molecule has 8 heteroatoms. The van der Waals surface area contributed by atoms with Crippen molar-refractivity contribution < 1.29 is 30.8 Å². The van der Waals surface area contributed by atoms with Gasteiger partial charge in [-0.25, -0.2) is 0 Å². The fraction of sp³-hybridized carbons (Fsp3) is 0.440. The van der Waals surface area contributed by atoms with Crippen LogP contribution in [-0.4, -0.2) is 64.1 Å². The van der Waals surface area contributed by atoms with Crippen molar-refractivity contribution in [3.63, 3.8) is 0 Å². The first kappa shape index (κ1) is 28.1. The Hall–Kier alpha value is -2.94. The number of phenolic OH excluding ortho intramolecular Hbond substituents is 1. The summed E-state index contributed by atoms with van der Waals surface area (Å²) in [6.45, 7) is 6.35. The molecule has 33 heavy (non-hydrogen) atoms. The summed E-state index contributed by atoms with van der Waals surface area (Å²) in [6.07, 6.45) is 1.49. The van der Waals surface area contributed by atoms with E-state index in [1.807, 2.05) is 42.5 Å². The third-order valence-electron chi connectivity index (χ3n) is 6.66. The molecule has 8 nitrogen and oxygen atoms in total. The van der Waals surface area contributed by atoms with Gasteiger partial charge in [-0.15, -0.1) is 0 Å². The van der Waals surface area contributed by atoms with Crippen molar-refractivity contribution in [2.45, 2.75) is 32.1 Å². The van der Waals surface area contributed by atoms with E-state index >= 15 is 0 Å². The van der Waals surface area contributed by atoms with E-state index in [0.29, 0.717) is 18.9 Å². The first-order chi connectivity index (χ1) is 14.8. The summed E-state index contributed by atoms with van der Waals surface area (Å²) in [7, 11) is 0. The smallest absolute Gasteiger partial charge is 0.322 e. The lowest BCUT2D eigenvalue weighted by Crippen LogP contribution is -2.50. The molecule has 1 aliphatic rings. The minimum atomic E-state index is -1.04. The highest BCUT2D eigenvalue weighted by atomic mass is 16.4. The summed E-state index contributed by atoms with van der Waals surface area (Å²) in [5.74, 6) is -0.964. The first-order valence-electron chi connectivity index (χ1n) is 10.8. The minimum Gasteiger partial charge on any atom is -0.508 e. The number of carboxylic acid groups (broad SMARTS) is 1. The molecule has 2 aromatic rings. The number of piperidine rings is 1. The maximum Gasteiger partial charge on any atom is 0.322 e. The fourth-order valence-corrected chi connectivity index (χ4v) is 4.53. The van der Waals surface area contributed by atoms with E-state index in [-0.39, 0.29) is 40.5 Å². The van der Waals surface area contributed by atoms with Gasteiger partial charge >= 0.3 is 5.97 Å². The van der Waals surface area contributed by atoms with E-state index < -0.39 is 5.97 Å². The molecule has 1 fully saturated rings. The summed E-state index contributed by atoms with van der Waals surface area (Å²) in [4.78, 5) is 26.0. The van der Waals surface area contributed by atoms with Crippen LogP contribution >= 0.6 is 0 Å². The number of carboxylic acids is 1. The highest BCUT2D eigenvalue weighted by molar-refractivity contribution is 5.83. The monoisotopic (exact) mass is 460 g/mol. The van der Waals surface area contributed by atoms with Gasteiger partial charge in [0.05, 0.1) is 5.92 Å². The zero-order chi connectivity index (χ0) is 22.4. The average Bonchev–Trinajstić information content (AvgIpc) is 2.75. The molecule has 1 amide bonds. The van der Waals surface area contributed by atoms with Crippen LogP contribution in [0.5, 0.6) is 5.75 Å². The second-order valence-corrected chi connectivity index (χ2v) is 8.88. The number of phenols is 1. The lowest BCUT2D eigenvalue weighted by Gasteiger charge is -2.45. The Labute approximate surface area is 194 Å². The van der Waals surface area contributed by atoms with Crippen molar-refractivity contribution in [1.29, 1.82) is 0 Å². The van der Waals surface area contributed by atoms with Crippen LogP contribution in [0, 0.1) is 11.8 Å². The van der Waals surface area contributed by atoms with Gasteiger partial charge in [-0.3, -0.25) is 9.59 Å². The average molecular weight is 461 g/mol. The predicted octanol–water partition coefficient (Wildman–Crippen LogP) is 1.40. The molecule has 1 aliphatic heterocycles. The van der Waals surface area contributed by atoms with Crippen molar-refractivity contribution in [3.8, 4) is 5.75 Å². The highest BCUT2D eigenvalue weighted by Gasteiger charge is 2.39. The molecular formula is C25H36N2O6. The van der Waals surface area contributed by atoms with Gasteiger partial charge in [-0.1, -0.05) is 56.3 Å². The second-order valence-electron chi connectivity index (χ2n) is 8.88. The summed E-state index contributed by atoms with van der Waals surface area (Å²) in [5, 5.41) is 21.4. The Kier molecular flexibility index (Phi) is 10.5. The maximum absolute atomic E-state index is 12.8. The third-order valence-corrected chi connectivity index (χ3v) is 6.66. The number of aliphatic carboxylic acids is 1. The van der Waals surface area contributed by atoms with Gasteiger partial charge in [0.15, 0.2) is 0 Å². The number of nitrogens with one attached hydrogen (secondary N) is 1. The van der Waals surface area contributed by atoms with Crippen LogP contribution in [0.3, 0.4) is 0 Å². The molecule has 7 N–H and O–H groups in total. The largest absolute Gasteiger partial charge is 0.508 e. The first-order valence-corrected chi connectivity index (χ1v) is 10.8. The van der Waals surface area contributed by atoms with Crippen LogP contribution in [0.1, 0.15) is 31.4 Å². The van der Waals surface area contributed by atoms with Crippen LogP contribution in [0.4, 0.5) is 0 Å². The Balaban J connectivity index is 0.00000272. The van der Waals surface area contributed by atoms with Crippen LogP contribution in [0.25, 0.3) is 0 Å². The van der Waals surface area contributed by atoms with Crippen molar-refractivity contribution in [2.24, 2.45) is 11.8 Å². The molecule has 0 bridgehead atoms. The van der Waals surface area contributed by atoms with Crippen molar-refractivity contribution in [1.82, 2.24) is 10.2 Å². The molecule has 0 saturated carbocycles.